The molecular weight excluding hydrogens is 200 g/mol. The maximum absolute atomic E-state index is 4.57. The smallest absolute Gasteiger partial charge is 0.581 e. The van der Waals surface area contributed by atoms with E-state index < -0.39 is 0 Å². The van der Waals surface area contributed by atoms with E-state index in [1.54, 1.807) is 6.26 Å². The summed E-state index contributed by atoms with van der Waals surface area (Å²) in [6.07, 6.45) is 4.88. The summed E-state index contributed by atoms with van der Waals surface area (Å²) in [4.78, 5) is 3.74. The van der Waals surface area contributed by atoms with E-state index in [0.717, 1.165) is 12.1 Å². The zero-order valence-corrected chi connectivity index (χ0v) is 12.1. The van der Waals surface area contributed by atoms with Crippen molar-refractivity contribution in [2.24, 2.45) is 0 Å². The molecule has 0 atom stereocenters. The Labute approximate surface area is 111 Å². The third kappa shape index (κ3) is 5.77. The Balaban J connectivity index is 0. The van der Waals surface area contributed by atoms with Crippen LogP contribution in [0.2, 0.25) is 0 Å². The molecule has 0 N–H and O–H groups in total. The first-order chi connectivity index (χ1) is 4.43. The minimum Gasteiger partial charge on any atom is -0.581 e. The molecule has 3 heteroatoms. The van der Waals surface area contributed by atoms with Gasteiger partial charge in [-0.25, -0.2) is 0 Å². The van der Waals surface area contributed by atoms with Gasteiger partial charge >= 0.3 is 58.2 Å². The van der Waals surface area contributed by atoms with Crippen molar-refractivity contribution >= 4 is 0 Å². The molecule has 0 amide bonds. The van der Waals surface area contributed by atoms with Crippen LogP contribution in [-0.2, 0) is 6.42 Å². The molecule has 0 bridgehead atoms. The van der Waals surface area contributed by atoms with E-state index in [1.807, 2.05) is 20.8 Å². The van der Waals surface area contributed by atoms with Crippen molar-refractivity contribution in [2.45, 2.75) is 27.2 Å². The Hall–Kier alpha value is 1.02. The van der Waals surface area contributed by atoms with Crippen molar-refractivity contribution in [2.75, 3.05) is 0 Å². The summed E-state index contributed by atoms with van der Waals surface area (Å²) in [6.45, 7) is 6.02. The molecule has 2 nitrogen and oxygen atoms in total. The topological polar surface area (TPSA) is 26.0 Å². The Bertz CT molecular complexity index is 128. The molecular formula is C7H12NORb. The number of hydrogen-bond donors (Lipinski definition) is 0. The summed E-state index contributed by atoms with van der Waals surface area (Å²) < 4.78 is 4.57. The second-order valence-electron chi connectivity index (χ2n) is 1.28. The molecule has 1 rings (SSSR count). The van der Waals surface area contributed by atoms with E-state index in [4.69, 9.17) is 0 Å². The van der Waals surface area contributed by atoms with Gasteiger partial charge in [0, 0.05) is 0 Å². The van der Waals surface area contributed by atoms with Crippen molar-refractivity contribution < 1.29 is 62.6 Å². The molecule has 0 saturated heterocycles. The molecule has 0 radical (unpaired) electrons. The minimum absolute atomic E-state index is 0. The SMILES string of the molecule is CC.CCc1co[c-]n1.[Rb+]. The van der Waals surface area contributed by atoms with Crippen LogP contribution in [0.3, 0.4) is 0 Å². The van der Waals surface area contributed by atoms with E-state index in [1.165, 1.54) is 0 Å². The second kappa shape index (κ2) is 10.0. The molecule has 0 unspecified atom stereocenters. The van der Waals surface area contributed by atoms with Gasteiger partial charge in [0.15, 0.2) is 0 Å². The number of hydrogen-bond acceptors (Lipinski definition) is 2. The number of nitrogens with zero attached hydrogens (tertiary/aromatic N) is 1. The Morgan fingerprint density at radius 2 is 2.20 bits per heavy atom. The minimum atomic E-state index is 0. The Morgan fingerprint density at radius 1 is 1.60 bits per heavy atom. The van der Waals surface area contributed by atoms with Crippen LogP contribution < -0.4 is 58.2 Å². The predicted molar refractivity (Wildman–Crippen MR) is 36.1 cm³/mol. The number of aryl methyl sites for hydroxylation is 1. The standard InChI is InChI=1S/C5H6NO.C2H6.Rb/c1-2-5-3-7-4-6-5;1-2;/h3H,2H2,1H3;1-2H3;/q-1;;+1. The van der Waals surface area contributed by atoms with Crippen LogP contribution in [0.4, 0.5) is 0 Å². The maximum Gasteiger partial charge on any atom is 1.00 e. The van der Waals surface area contributed by atoms with E-state index in [0.29, 0.717) is 0 Å². The monoisotopic (exact) mass is 211 g/mol. The van der Waals surface area contributed by atoms with Crippen molar-refractivity contribution in [1.29, 1.82) is 0 Å². The molecule has 10 heavy (non-hydrogen) atoms. The van der Waals surface area contributed by atoms with E-state index >= 15 is 0 Å². The first-order valence-electron chi connectivity index (χ1n) is 3.24. The molecule has 0 fully saturated rings. The summed E-state index contributed by atoms with van der Waals surface area (Å²) in [5, 5.41) is 0. The Morgan fingerprint density at radius 3 is 2.40 bits per heavy atom. The molecule has 0 spiro atoms. The molecule has 1 aromatic rings. The normalized spacial score (nSPS) is 7.10. The second-order valence-corrected chi connectivity index (χ2v) is 1.28. The largest absolute Gasteiger partial charge is 1.00 e. The van der Waals surface area contributed by atoms with Crippen molar-refractivity contribution in [3.63, 3.8) is 0 Å². The summed E-state index contributed by atoms with van der Waals surface area (Å²) in [5.74, 6) is 0. The van der Waals surface area contributed by atoms with Gasteiger partial charge in [0.25, 0.3) is 0 Å². The number of rotatable bonds is 1. The molecule has 52 valence electrons. The molecule has 0 saturated carbocycles. The molecule has 0 aliphatic heterocycles. The quantitative estimate of drug-likeness (QED) is 0.561. The molecule has 1 heterocycles. The molecule has 0 aromatic carbocycles. The first kappa shape index (κ1) is 13.6. The van der Waals surface area contributed by atoms with Gasteiger partial charge in [-0.05, 0) is 6.26 Å². The third-order valence-corrected chi connectivity index (χ3v) is 0.799. The van der Waals surface area contributed by atoms with Crippen molar-refractivity contribution in [3.05, 3.63) is 18.4 Å². The van der Waals surface area contributed by atoms with Gasteiger partial charge in [-0.15, -0.1) is 0 Å². The fourth-order valence-electron chi connectivity index (χ4n) is 0.368. The Kier molecular flexibility index (Phi) is 13.6. The molecule has 0 aliphatic rings. The zero-order chi connectivity index (χ0) is 7.11. The zero-order valence-electron chi connectivity index (χ0n) is 7.14. The van der Waals surface area contributed by atoms with Crippen LogP contribution in [-0.4, -0.2) is 4.98 Å². The van der Waals surface area contributed by atoms with Gasteiger partial charge in [-0.1, -0.05) is 32.9 Å². The van der Waals surface area contributed by atoms with Crippen LogP contribution in [0.1, 0.15) is 26.5 Å². The van der Waals surface area contributed by atoms with E-state index in [-0.39, 0.29) is 58.2 Å². The van der Waals surface area contributed by atoms with E-state index in [2.05, 4.69) is 15.8 Å². The van der Waals surface area contributed by atoms with Gasteiger partial charge in [0.1, 0.15) is 6.39 Å². The fourth-order valence-corrected chi connectivity index (χ4v) is 0.368. The van der Waals surface area contributed by atoms with Gasteiger partial charge < -0.3 is 9.40 Å². The summed E-state index contributed by atoms with van der Waals surface area (Å²) in [7, 11) is 0. The predicted octanol–water partition coefficient (Wildman–Crippen LogP) is -0.933. The van der Waals surface area contributed by atoms with Crippen LogP contribution in [0, 0.1) is 6.39 Å². The number of aromatic nitrogens is 1. The average Bonchev–Trinajstić information content (AvgIpc) is 2.43. The summed E-state index contributed by atoms with van der Waals surface area (Å²) in [5.41, 5.74) is 0.958. The van der Waals surface area contributed by atoms with Crippen LogP contribution in [0.5, 0.6) is 0 Å². The van der Waals surface area contributed by atoms with Gasteiger partial charge in [-0.2, -0.15) is 0 Å². The number of oxazole rings is 1. The molecule has 1 aromatic heterocycles. The first-order valence-corrected chi connectivity index (χ1v) is 3.24. The van der Waals surface area contributed by atoms with Gasteiger partial charge in [-0.3, -0.25) is 0 Å². The summed E-state index contributed by atoms with van der Waals surface area (Å²) >= 11 is 0. The summed E-state index contributed by atoms with van der Waals surface area (Å²) in [6, 6.07) is 0. The van der Waals surface area contributed by atoms with Crippen LogP contribution >= 0.6 is 0 Å². The van der Waals surface area contributed by atoms with E-state index in [9.17, 15) is 0 Å². The van der Waals surface area contributed by atoms with Crippen LogP contribution in [0.15, 0.2) is 10.7 Å². The van der Waals surface area contributed by atoms with Gasteiger partial charge in [0.05, 0.1) is 0 Å². The average molecular weight is 212 g/mol. The van der Waals surface area contributed by atoms with Crippen LogP contribution in [0.25, 0.3) is 0 Å². The van der Waals surface area contributed by atoms with Crippen molar-refractivity contribution in [3.8, 4) is 0 Å². The van der Waals surface area contributed by atoms with Crippen molar-refractivity contribution in [1.82, 2.24) is 4.98 Å². The fraction of sp³-hybridized carbons (Fsp3) is 0.571. The van der Waals surface area contributed by atoms with Gasteiger partial charge in [0.2, 0.25) is 0 Å². The maximum atomic E-state index is 4.57. The third-order valence-electron chi connectivity index (χ3n) is 0.799. The molecule has 0 aliphatic carbocycles.